The van der Waals surface area contributed by atoms with Crippen molar-refractivity contribution in [2.24, 2.45) is 0 Å². The van der Waals surface area contributed by atoms with Crippen molar-refractivity contribution in [3.05, 3.63) is 35.9 Å². The number of aryl methyl sites for hydroxylation is 1. The highest BCUT2D eigenvalue weighted by Gasteiger charge is 2.04. The highest BCUT2D eigenvalue weighted by molar-refractivity contribution is 5.96. The van der Waals surface area contributed by atoms with Crippen LogP contribution in [0.25, 0.3) is 10.8 Å². The molecular weight excluding hydrogens is 174 g/mol. The van der Waals surface area contributed by atoms with E-state index in [4.69, 9.17) is 5.73 Å². The van der Waals surface area contributed by atoms with E-state index in [1.54, 1.807) is 12.1 Å². The topological polar surface area (TPSA) is 46.2 Å². The molecule has 3 N–H and O–H groups in total. The van der Waals surface area contributed by atoms with Gasteiger partial charge in [-0.1, -0.05) is 25.1 Å². The summed E-state index contributed by atoms with van der Waals surface area (Å²) in [5, 5.41) is 11.5. The maximum absolute atomic E-state index is 9.39. The summed E-state index contributed by atoms with van der Waals surface area (Å²) in [6.45, 7) is 2.10. The summed E-state index contributed by atoms with van der Waals surface area (Å²) in [7, 11) is 0. The molecule has 2 rings (SSSR count). The molecule has 2 nitrogen and oxygen atoms in total. The van der Waals surface area contributed by atoms with Crippen molar-refractivity contribution in [2.75, 3.05) is 5.73 Å². The van der Waals surface area contributed by atoms with Crippen LogP contribution in [0.5, 0.6) is 5.75 Å². The van der Waals surface area contributed by atoms with E-state index in [-0.39, 0.29) is 5.75 Å². The summed E-state index contributed by atoms with van der Waals surface area (Å²) in [5.74, 6) is 0.225. The normalized spacial score (nSPS) is 10.6. The van der Waals surface area contributed by atoms with E-state index < -0.39 is 0 Å². The summed E-state index contributed by atoms with van der Waals surface area (Å²) < 4.78 is 0. The van der Waals surface area contributed by atoms with Crippen molar-refractivity contribution < 1.29 is 5.11 Å². The summed E-state index contributed by atoms with van der Waals surface area (Å²) in [4.78, 5) is 0. The van der Waals surface area contributed by atoms with Crippen molar-refractivity contribution in [3.63, 3.8) is 0 Å². The molecule has 0 aliphatic rings. The molecule has 0 spiro atoms. The molecule has 0 amide bonds. The molecule has 0 radical (unpaired) electrons. The first-order valence-corrected chi connectivity index (χ1v) is 4.72. The highest BCUT2D eigenvalue weighted by Crippen LogP contribution is 2.29. The third-order valence-electron chi connectivity index (χ3n) is 2.46. The Labute approximate surface area is 83.0 Å². The second-order valence-corrected chi connectivity index (χ2v) is 3.40. The zero-order valence-corrected chi connectivity index (χ0v) is 8.12. The molecule has 0 bridgehead atoms. The number of aromatic hydroxyl groups is 1. The van der Waals surface area contributed by atoms with E-state index in [2.05, 4.69) is 13.0 Å². The fourth-order valence-electron chi connectivity index (χ4n) is 1.82. The van der Waals surface area contributed by atoms with E-state index in [1.807, 2.05) is 12.1 Å². The fraction of sp³-hybridized carbons (Fsp3) is 0.167. The van der Waals surface area contributed by atoms with Crippen LogP contribution in [0.2, 0.25) is 0 Å². The van der Waals surface area contributed by atoms with Crippen molar-refractivity contribution >= 4 is 16.5 Å². The average Bonchev–Trinajstić information content (AvgIpc) is 2.16. The molecule has 14 heavy (non-hydrogen) atoms. The van der Waals surface area contributed by atoms with Gasteiger partial charge in [0.25, 0.3) is 0 Å². The summed E-state index contributed by atoms with van der Waals surface area (Å²) in [6, 6.07) is 9.35. The van der Waals surface area contributed by atoms with Gasteiger partial charge in [-0.2, -0.15) is 0 Å². The summed E-state index contributed by atoms with van der Waals surface area (Å²) >= 11 is 0. The van der Waals surface area contributed by atoms with Crippen LogP contribution >= 0.6 is 0 Å². The predicted octanol–water partition coefficient (Wildman–Crippen LogP) is 2.69. The average molecular weight is 187 g/mol. The fourth-order valence-corrected chi connectivity index (χ4v) is 1.82. The van der Waals surface area contributed by atoms with Crippen LogP contribution in [-0.4, -0.2) is 5.11 Å². The van der Waals surface area contributed by atoms with Gasteiger partial charge < -0.3 is 10.8 Å². The van der Waals surface area contributed by atoms with Crippen molar-refractivity contribution in [1.82, 2.24) is 0 Å². The van der Waals surface area contributed by atoms with Crippen LogP contribution in [0.4, 0.5) is 5.69 Å². The first-order valence-electron chi connectivity index (χ1n) is 4.72. The lowest BCUT2D eigenvalue weighted by molar-refractivity contribution is 0.476. The van der Waals surface area contributed by atoms with Crippen LogP contribution in [0.15, 0.2) is 30.3 Å². The summed E-state index contributed by atoms with van der Waals surface area (Å²) in [6.07, 6.45) is 0.951. The first-order chi connectivity index (χ1) is 6.72. The zero-order chi connectivity index (χ0) is 10.1. The van der Waals surface area contributed by atoms with E-state index in [0.29, 0.717) is 5.69 Å². The molecule has 2 heteroatoms. The maximum Gasteiger partial charge on any atom is 0.118 e. The number of hydrogen-bond acceptors (Lipinski definition) is 2. The molecule has 0 aliphatic heterocycles. The predicted molar refractivity (Wildman–Crippen MR) is 59.4 cm³/mol. The number of anilines is 1. The van der Waals surface area contributed by atoms with Gasteiger partial charge in [-0.3, -0.25) is 0 Å². The molecule has 0 atom stereocenters. The first kappa shape index (κ1) is 8.88. The SMILES string of the molecule is CCc1cccc2cc(O)cc(N)c12. The minimum atomic E-state index is 0.225. The zero-order valence-electron chi connectivity index (χ0n) is 8.12. The van der Waals surface area contributed by atoms with Crippen molar-refractivity contribution in [3.8, 4) is 5.75 Å². The Bertz CT molecular complexity index is 477. The lowest BCUT2D eigenvalue weighted by Gasteiger charge is -2.07. The number of hydrogen-bond donors (Lipinski definition) is 2. The van der Waals surface area contributed by atoms with E-state index in [1.165, 1.54) is 5.56 Å². The molecule has 0 heterocycles. The van der Waals surface area contributed by atoms with Crippen LogP contribution in [-0.2, 0) is 6.42 Å². The van der Waals surface area contributed by atoms with E-state index in [0.717, 1.165) is 17.2 Å². The van der Waals surface area contributed by atoms with Gasteiger partial charge in [-0.05, 0) is 23.4 Å². The molecule has 0 fully saturated rings. The number of fused-ring (bicyclic) bond motifs is 1. The van der Waals surface area contributed by atoms with Gasteiger partial charge in [0, 0.05) is 17.1 Å². The molecule has 0 aliphatic carbocycles. The van der Waals surface area contributed by atoms with Crippen LogP contribution in [0.3, 0.4) is 0 Å². The molecule has 0 saturated carbocycles. The van der Waals surface area contributed by atoms with Gasteiger partial charge in [0.2, 0.25) is 0 Å². The van der Waals surface area contributed by atoms with Gasteiger partial charge in [0.05, 0.1) is 0 Å². The molecule has 72 valence electrons. The smallest absolute Gasteiger partial charge is 0.118 e. The maximum atomic E-state index is 9.39. The number of nitrogens with two attached hydrogens (primary N) is 1. The van der Waals surface area contributed by atoms with Crippen molar-refractivity contribution in [1.29, 1.82) is 0 Å². The largest absolute Gasteiger partial charge is 0.508 e. The monoisotopic (exact) mass is 187 g/mol. The van der Waals surface area contributed by atoms with Gasteiger partial charge in [0.1, 0.15) is 5.75 Å². The third-order valence-corrected chi connectivity index (χ3v) is 2.46. The molecule has 0 saturated heterocycles. The second-order valence-electron chi connectivity index (χ2n) is 3.40. The molecule has 2 aromatic carbocycles. The Balaban J connectivity index is 2.87. The van der Waals surface area contributed by atoms with E-state index >= 15 is 0 Å². The minimum absolute atomic E-state index is 0.225. The van der Waals surface area contributed by atoms with Gasteiger partial charge in [-0.25, -0.2) is 0 Å². The highest BCUT2D eigenvalue weighted by atomic mass is 16.3. The number of phenols is 1. The number of nitrogen functional groups attached to an aromatic ring is 1. The van der Waals surface area contributed by atoms with E-state index in [9.17, 15) is 5.11 Å². The second kappa shape index (κ2) is 3.22. The Morgan fingerprint density at radius 2 is 2.07 bits per heavy atom. The molecule has 0 unspecified atom stereocenters. The number of phenolic OH excluding ortho intramolecular Hbond substituents is 1. The molecular formula is C12H13NO. The van der Waals surface area contributed by atoms with Crippen LogP contribution in [0, 0.1) is 0 Å². The van der Waals surface area contributed by atoms with Gasteiger partial charge >= 0.3 is 0 Å². The van der Waals surface area contributed by atoms with Gasteiger partial charge in [-0.15, -0.1) is 0 Å². The van der Waals surface area contributed by atoms with Crippen LogP contribution < -0.4 is 5.73 Å². The lowest BCUT2D eigenvalue weighted by atomic mass is 10.0. The Kier molecular flexibility index (Phi) is 2.04. The number of rotatable bonds is 1. The third kappa shape index (κ3) is 1.29. The Hall–Kier alpha value is -1.70. The quantitative estimate of drug-likeness (QED) is 0.674. The molecule has 2 aromatic rings. The Morgan fingerprint density at radius 3 is 2.79 bits per heavy atom. The van der Waals surface area contributed by atoms with Gasteiger partial charge in [0.15, 0.2) is 0 Å². The number of benzene rings is 2. The Morgan fingerprint density at radius 1 is 1.29 bits per heavy atom. The van der Waals surface area contributed by atoms with Crippen LogP contribution in [0.1, 0.15) is 12.5 Å². The lowest BCUT2D eigenvalue weighted by Crippen LogP contribution is -1.91. The standard InChI is InChI=1S/C12H13NO/c1-2-8-4-3-5-9-6-10(14)7-11(13)12(8)9/h3-7,14H,2,13H2,1H3. The summed E-state index contributed by atoms with van der Waals surface area (Å²) in [5.41, 5.74) is 7.75. The van der Waals surface area contributed by atoms with Crippen molar-refractivity contribution in [2.45, 2.75) is 13.3 Å². The minimum Gasteiger partial charge on any atom is -0.508 e. The molecule has 0 aromatic heterocycles.